The number of aromatic nitrogens is 2. The van der Waals surface area contributed by atoms with Crippen LogP contribution in [-0.4, -0.2) is 9.78 Å². The van der Waals surface area contributed by atoms with E-state index in [0.717, 1.165) is 15.6 Å². The zero-order valence-corrected chi connectivity index (χ0v) is 10.8. The van der Waals surface area contributed by atoms with Gasteiger partial charge in [0.25, 0.3) is 0 Å². The minimum Gasteiger partial charge on any atom is -0.398 e. The monoisotopic (exact) mass is 251 g/mol. The van der Waals surface area contributed by atoms with E-state index in [2.05, 4.69) is 5.10 Å². The second-order valence-electron chi connectivity index (χ2n) is 3.99. The zero-order valence-electron chi connectivity index (χ0n) is 9.99. The number of hydrogen-bond donors (Lipinski definition) is 1. The van der Waals surface area contributed by atoms with Crippen molar-refractivity contribution in [3.05, 3.63) is 35.3 Å². The predicted octanol–water partition coefficient (Wildman–Crippen LogP) is 2.91. The number of nitrogen functional groups attached to an aromatic ring is 1. The van der Waals surface area contributed by atoms with E-state index >= 15 is 0 Å². The molecular weight excluding hydrogens is 237 g/mol. The SMILES string of the molecule is Cc1cc(Sc2cc(C)c(F)cc2N)n(C)n1. The summed E-state index contributed by atoms with van der Waals surface area (Å²) < 4.78 is 15.1. The fourth-order valence-electron chi connectivity index (χ4n) is 1.55. The van der Waals surface area contributed by atoms with Crippen molar-refractivity contribution in [2.24, 2.45) is 7.05 Å². The number of hydrogen-bond acceptors (Lipinski definition) is 3. The van der Waals surface area contributed by atoms with E-state index in [9.17, 15) is 4.39 Å². The second-order valence-corrected chi connectivity index (χ2v) is 5.05. The maximum atomic E-state index is 13.3. The predicted molar refractivity (Wildman–Crippen MR) is 67.6 cm³/mol. The molecule has 0 saturated carbocycles. The second kappa shape index (κ2) is 4.41. The lowest BCUT2D eigenvalue weighted by Crippen LogP contribution is -1.95. The molecule has 0 aliphatic heterocycles. The molecule has 0 amide bonds. The number of halogens is 1. The molecule has 1 aromatic carbocycles. The largest absolute Gasteiger partial charge is 0.398 e. The van der Waals surface area contributed by atoms with Crippen LogP contribution in [-0.2, 0) is 7.05 Å². The first-order chi connectivity index (χ1) is 7.97. The molecule has 0 aliphatic carbocycles. The Balaban J connectivity index is 2.36. The Labute approximate surface area is 104 Å². The van der Waals surface area contributed by atoms with Gasteiger partial charge in [0.05, 0.1) is 10.7 Å². The molecule has 0 unspecified atom stereocenters. The molecule has 2 rings (SSSR count). The Kier molecular flexibility index (Phi) is 3.11. The third-order valence-corrected chi connectivity index (χ3v) is 3.63. The third kappa shape index (κ3) is 2.44. The molecular formula is C12H14FN3S. The van der Waals surface area contributed by atoms with Gasteiger partial charge in [-0.3, -0.25) is 4.68 Å². The van der Waals surface area contributed by atoms with Crippen molar-refractivity contribution in [3.63, 3.8) is 0 Å². The van der Waals surface area contributed by atoms with Crippen LogP contribution < -0.4 is 5.73 Å². The smallest absolute Gasteiger partial charge is 0.128 e. The normalized spacial score (nSPS) is 10.8. The molecule has 90 valence electrons. The Morgan fingerprint density at radius 2 is 2.00 bits per heavy atom. The molecule has 0 aliphatic rings. The number of nitrogens with two attached hydrogens (primary N) is 1. The van der Waals surface area contributed by atoms with Crippen molar-refractivity contribution < 1.29 is 4.39 Å². The minimum atomic E-state index is -0.270. The maximum Gasteiger partial charge on any atom is 0.128 e. The molecule has 0 bridgehead atoms. The zero-order chi connectivity index (χ0) is 12.6. The van der Waals surface area contributed by atoms with Gasteiger partial charge >= 0.3 is 0 Å². The Morgan fingerprint density at radius 1 is 1.29 bits per heavy atom. The highest BCUT2D eigenvalue weighted by Crippen LogP contribution is 2.33. The van der Waals surface area contributed by atoms with Crippen LogP contribution in [0, 0.1) is 19.7 Å². The lowest BCUT2D eigenvalue weighted by Gasteiger charge is -2.07. The Morgan fingerprint density at radius 3 is 2.59 bits per heavy atom. The van der Waals surface area contributed by atoms with Gasteiger partial charge in [-0.2, -0.15) is 5.10 Å². The quantitative estimate of drug-likeness (QED) is 0.835. The summed E-state index contributed by atoms with van der Waals surface area (Å²) in [6.07, 6.45) is 0. The fraction of sp³-hybridized carbons (Fsp3) is 0.250. The number of nitrogens with zero attached hydrogens (tertiary/aromatic N) is 2. The number of aryl methyl sites for hydroxylation is 3. The molecule has 0 fully saturated rings. The van der Waals surface area contributed by atoms with E-state index in [1.165, 1.54) is 17.8 Å². The van der Waals surface area contributed by atoms with Gasteiger partial charge in [0, 0.05) is 17.6 Å². The van der Waals surface area contributed by atoms with Crippen LogP contribution in [0.5, 0.6) is 0 Å². The summed E-state index contributed by atoms with van der Waals surface area (Å²) in [5.74, 6) is -0.270. The van der Waals surface area contributed by atoms with E-state index < -0.39 is 0 Å². The molecule has 2 aromatic rings. The van der Waals surface area contributed by atoms with E-state index in [0.29, 0.717) is 11.3 Å². The number of rotatable bonds is 2. The standard InChI is InChI=1S/C12H14FN3S/c1-7-4-11(10(14)6-9(7)13)17-12-5-8(2)15-16(12)3/h4-6H,14H2,1-3H3. The summed E-state index contributed by atoms with van der Waals surface area (Å²) in [6.45, 7) is 3.66. The van der Waals surface area contributed by atoms with Crippen LogP contribution in [0.15, 0.2) is 28.1 Å². The number of benzene rings is 1. The molecule has 5 heteroatoms. The van der Waals surface area contributed by atoms with Crippen molar-refractivity contribution in [1.29, 1.82) is 0 Å². The summed E-state index contributed by atoms with van der Waals surface area (Å²) in [5.41, 5.74) is 7.81. The van der Waals surface area contributed by atoms with E-state index in [1.54, 1.807) is 17.7 Å². The highest BCUT2D eigenvalue weighted by Gasteiger charge is 2.09. The fourth-order valence-corrected chi connectivity index (χ4v) is 2.59. The molecule has 0 spiro atoms. The maximum absolute atomic E-state index is 13.3. The molecule has 0 atom stereocenters. The first kappa shape index (κ1) is 12.0. The van der Waals surface area contributed by atoms with Crippen LogP contribution >= 0.6 is 11.8 Å². The van der Waals surface area contributed by atoms with Gasteiger partial charge < -0.3 is 5.73 Å². The van der Waals surface area contributed by atoms with Crippen LogP contribution in [0.4, 0.5) is 10.1 Å². The van der Waals surface area contributed by atoms with Crippen molar-refractivity contribution in [2.75, 3.05) is 5.73 Å². The van der Waals surface area contributed by atoms with Gasteiger partial charge in [0.15, 0.2) is 0 Å². The molecule has 0 radical (unpaired) electrons. The van der Waals surface area contributed by atoms with E-state index in [-0.39, 0.29) is 5.82 Å². The van der Waals surface area contributed by atoms with Gasteiger partial charge in [-0.25, -0.2) is 4.39 Å². The molecule has 0 saturated heterocycles. The van der Waals surface area contributed by atoms with Crippen LogP contribution in [0.2, 0.25) is 0 Å². The highest BCUT2D eigenvalue weighted by molar-refractivity contribution is 7.99. The van der Waals surface area contributed by atoms with Gasteiger partial charge in [0.2, 0.25) is 0 Å². The third-order valence-electron chi connectivity index (χ3n) is 2.46. The summed E-state index contributed by atoms with van der Waals surface area (Å²) in [6, 6.07) is 5.10. The summed E-state index contributed by atoms with van der Waals surface area (Å²) in [7, 11) is 1.88. The molecule has 17 heavy (non-hydrogen) atoms. The summed E-state index contributed by atoms with van der Waals surface area (Å²) in [5, 5.41) is 5.24. The average Bonchev–Trinajstić information content (AvgIpc) is 2.54. The summed E-state index contributed by atoms with van der Waals surface area (Å²) in [4.78, 5) is 0.854. The Hall–Kier alpha value is -1.49. The van der Waals surface area contributed by atoms with Gasteiger partial charge in [-0.15, -0.1) is 0 Å². The van der Waals surface area contributed by atoms with Crippen molar-refractivity contribution >= 4 is 17.4 Å². The molecule has 1 aromatic heterocycles. The molecule has 1 heterocycles. The Bertz CT molecular complexity index is 563. The lowest BCUT2D eigenvalue weighted by molar-refractivity contribution is 0.618. The molecule has 3 nitrogen and oxygen atoms in total. The summed E-state index contributed by atoms with van der Waals surface area (Å²) >= 11 is 1.49. The van der Waals surface area contributed by atoms with E-state index in [4.69, 9.17) is 5.73 Å². The average molecular weight is 251 g/mol. The van der Waals surface area contributed by atoms with Gasteiger partial charge in [0.1, 0.15) is 5.82 Å². The minimum absolute atomic E-state index is 0.270. The van der Waals surface area contributed by atoms with Crippen LogP contribution in [0.1, 0.15) is 11.3 Å². The highest BCUT2D eigenvalue weighted by atomic mass is 32.2. The first-order valence-electron chi connectivity index (χ1n) is 5.21. The van der Waals surface area contributed by atoms with Crippen LogP contribution in [0.3, 0.4) is 0 Å². The van der Waals surface area contributed by atoms with Gasteiger partial charge in [-0.1, -0.05) is 11.8 Å². The van der Waals surface area contributed by atoms with Crippen molar-refractivity contribution in [2.45, 2.75) is 23.8 Å². The molecule has 2 N–H and O–H groups in total. The van der Waals surface area contributed by atoms with Crippen molar-refractivity contribution in [3.8, 4) is 0 Å². The first-order valence-corrected chi connectivity index (χ1v) is 6.03. The van der Waals surface area contributed by atoms with Crippen molar-refractivity contribution in [1.82, 2.24) is 9.78 Å². The lowest BCUT2D eigenvalue weighted by atomic mass is 10.2. The number of anilines is 1. The topological polar surface area (TPSA) is 43.8 Å². The van der Waals surface area contributed by atoms with E-state index in [1.807, 2.05) is 20.0 Å². The van der Waals surface area contributed by atoms with Gasteiger partial charge in [-0.05, 0) is 37.6 Å². The van der Waals surface area contributed by atoms with Crippen LogP contribution in [0.25, 0.3) is 0 Å².